The summed E-state index contributed by atoms with van der Waals surface area (Å²) in [5.41, 5.74) is 15.9. The Balaban J connectivity index is 1.76. The number of carbonyl (C=O) groups excluding carboxylic acids is 2. The van der Waals surface area contributed by atoms with Crippen LogP contribution in [0.5, 0.6) is 5.75 Å². The monoisotopic (exact) mass is 636 g/mol. The average Bonchev–Trinajstić information content (AvgIpc) is 2.87. The quantitative estimate of drug-likeness (QED) is 0.312. The number of urea groups is 1. The summed E-state index contributed by atoms with van der Waals surface area (Å²) in [5.74, 6) is 0.765. The lowest BCUT2D eigenvalue weighted by molar-refractivity contribution is -0.132. The Kier molecular flexibility index (Phi) is 11.1. The molecule has 0 aliphatic carbocycles. The molecule has 9 heteroatoms. The number of piperidine rings is 2. The van der Waals surface area contributed by atoms with Crippen LogP contribution in [0.2, 0.25) is 0 Å². The van der Waals surface area contributed by atoms with Crippen LogP contribution in [-0.4, -0.2) is 53.0 Å². The first-order valence-corrected chi connectivity index (χ1v) is 14.6. The molecule has 0 unspecified atom stereocenters. The molecule has 2 heterocycles. The number of aromatic hydroxyl groups is 1. The minimum atomic E-state index is -0.375. The van der Waals surface area contributed by atoms with Crippen LogP contribution < -0.4 is 11.5 Å². The molecule has 7 nitrogen and oxygen atoms in total. The van der Waals surface area contributed by atoms with E-state index in [1.165, 1.54) is 17.3 Å². The Hall–Kier alpha value is -2.26. The van der Waals surface area contributed by atoms with Gasteiger partial charge in [0.2, 0.25) is 5.91 Å². The van der Waals surface area contributed by atoms with Crippen LogP contribution >= 0.6 is 31.9 Å². The number of phenols is 1. The van der Waals surface area contributed by atoms with E-state index in [9.17, 15) is 14.7 Å². The van der Waals surface area contributed by atoms with Gasteiger partial charge in [-0.15, -0.1) is 0 Å². The number of phenolic OH excluding ortho intramolecular Hbond substituents is 1. The molecule has 3 rings (SSSR count). The third-order valence-electron chi connectivity index (χ3n) is 7.27. The zero-order valence-corrected chi connectivity index (χ0v) is 24.7. The number of nitrogens with two attached hydrogens (primary N) is 2. The van der Waals surface area contributed by atoms with Gasteiger partial charge in [0.25, 0.3) is 0 Å². The molecule has 0 aromatic heterocycles. The summed E-state index contributed by atoms with van der Waals surface area (Å²) in [6.07, 6.45) is 12.0. The molecule has 2 saturated heterocycles. The number of carbonyl (C=O) groups is 2. The molecule has 2 fully saturated rings. The van der Waals surface area contributed by atoms with Gasteiger partial charge >= 0.3 is 6.03 Å². The lowest BCUT2D eigenvalue weighted by Crippen LogP contribution is -2.43. The molecule has 1 aromatic rings. The summed E-state index contributed by atoms with van der Waals surface area (Å²) in [4.78, 5) is 28.1. The van der Waals surface area contributed by atoms with Gasteiger partial charge in [0.1, 0.15) is 5.75 Å². The second-order valence-electron chi connectivity index (χ2n) is 9.81. The summed E-state index contributed by atoms with van der Waals surface area (Å²) in [5, 5.41) is 10.2. The molecule has 2 aliphatic rings. The number of rotatable bonds is 8. The minimum Gasteiger partial charge on any atom is -0.508 e. The summed E-state index contributed by atoms with van der Waals surface area (Å²) in [6.45, 7) is 4.81. The second kappa shape index (κ2) is 14.0. The predicted molar refractivity (Wildman–Crippen MR) is 156 cm³/mol. The standard InChI is InChI=1S/C28H38Br2N4O3/c1-2-4-21-16-23(35)17-25(30)27(21)24(6-3-5-22(29)18-31)20-9-13-33(14-10-20)26(36)15-19-7-11-34(12-8-19)28(32)37/h3,5,16-19,35H,2,4,6-15,31H2,1H3,(H2,32,37)/b5-3-,22-18+. The van der Waals surface area contributed by atoms with Crippen LogP contribution in [0, 0.1) is 5.92 Å². The van der Waals surface area contributed by atoms with Gasteiger partial charge in [-0.3, -0.25) is 4.79 Å². The number of hydrogen-bond donors (Lipinski definition) is 3. The molecule has 5 N–H and O–H groups in total. The van der Waals surface area contributed by atoms with E-state index in [0.717, 1.165) is 65.0 Å². The fraction of sp³-hybridized carbons (Fsp3) is 0.500. The number of likely N-dealkylation sites (tertiary alicyclic amines) is 2. The van der Waals surface area contributed by atoms with Gasteiger partial charge in [0.15, 0.2) is 0 Å². The number of benzene rings is 1. The first-order chi connectivity index (χ1) is 17.7. The van der Waals surface area contributed by atoms with Crippen molar-refractivity contribution in [2.45, 2.75) is 58.3 Å². The highest BCUT2D eigenvalue weighted by molar-refractivity contribution is 9.12. The zero-order chi connectivity index (χ0) is 26.9. The SMILES string of the molecule is CCCc1cc(O)cc(Br)c1C(C/C=C\C(Br)=C/N)=C1CCN(C(=O)CC2CCN(C(N)=O)CC2)CC1. The van der Waals surface area contributed by atoms with Crippen LogP contribution in [0.15, 0.2) is 45.0 Å². The molecule has 0 atom stereocenters. The number of nitrogens with zero attached hydrogens (tertiary/aromatic N) is 2. The van der Waals surface area contributed by atoms with Crippen molar-refractivity contribution >= 4 is 49.4 Å². The van der Waals surface area contributed by atoms with E-state index < -0.39 is 0 Å². The van der Waals surface area contributed by atoms with Crippen LogP contribution in [0.25, 0.3) is 5.57 Å². The highest BCUT2D eigenvalue weighted by Crippen LogP contribution is 2.39. The Labute approximate surface area is 236 Å². The third-order valence-corrected chi connectivity index (χ3v) is 8.43. The molecule has 0 bridgehead atoms. The molecule has 3 amide bonds. The van der Waals surface area contributed by atoms with E-state index >= 15 is 0 Å². The van der Waals surface area contributed by atoms with E-state index in [2.05, 4.69) is 44.9 Å². The van der Waals surface area contributed by atoms with Crippen LogP contribution in [0.3, 0.4) is 0 Å². The molecule has 37 heavy (non-hydrogen) atoms. The average molecular weight is 638 g/mol. The van der Waals surface area contributed by atoms with E-state index in [1.54, 1.807) is 11.0 Å². The topological polar surface area (TPSA) is 113 Å². The number of aryl methyl sites for hydroxylation is 1. The molecular formula is C28H38Br2N4O3. The number of amides is 3. The summed E-state index contributed by atoms with van der Waals surface area (Å²) in [6, 6.07) is 3.25. The molecule has 1 aromatic carbocycles. The molecule has 0 saturated carbocycles. The maximum absolute atomic E-state index is 13.1. The lowest BCUT2D eigenvalue weighted by atomic mass is 9.87. The highest BCUT2D eigenvalue weighted by atomic mass is 79.9. The van der Waals surface area contributed by atoms with Crippen molar-refractivity contribution in [1.29, 1.82) is 0 Å². The van der Waals surface area contributed by atoms with Gasteiger partial charge in [0, 0.05) is 47.8 Å². The fourth-order valence-corrected chi connectivity index (χ4v) is 6.20. The number of halogens is 2. The Morgan fingerprint density at radius 2 is 1.81 bits per heavy atom. The van der Waals surface area contributed by atoms with Crippen molar-refractivity contribution in [2.75, 3.05) is 26.2 Å². The fourth-order valence-electron chi connectivity index (χ4n) is 5.28. The van der Waals surface area contributed by atoms with Crippen molar-refractivity contribution in [3.05, 3.63) is 56.1 Å². The van der Waals surface area contributed by atoms with Gasteiger partial charge in [-0.2, -0.15) is 0 Å². The van der Waals surface area contributed by atoms with Crippen molar-refractivity contribution < 1.29 is 14.7 Å². The third kappa shape index (κ3) is 8.11. The van der Waals surface area contributed by atoms with Crippen LogP contribution in [0.4, 0.5) is 4.79 Å². The maximum atomic E-state index is 13.1. The summed E-state index contributed by atoms with van der Waals surface area (Å²) in [7, 11) is 0. The highest BCUT2D eigenvalue weighted by Gasteiger charge is 2.27. The summed E-state index contributed by atoms with van der Waals surface area (Å²) < 4.78 is 1.71. The Bertz CT molecular complexity index is 1070. The molecule has 202 valence electrons. The van der Waals surface area contributed by atoms with E-state index in [4.69, 9.17) is 11.5 Å². The number of allylic oxidation sites excluding steroid dienone is 4. The Morgan fingerprint density at radius 3 is 2.41 bits per heavy atom. The number of primary amides is 1. The van der Waals surface area contributed by atoms with Crippen molar-refractivity contribution in [3.63, 3.8) is 0 Å². The lowest BCUT2D eigenvalue weighted by Gasteiger charge is -2.34. The zero-order valence-electron chi connectivity index (χ0n) is 21.5. The normalized spacial score (nSPS) is 17.5. The van der Waals surface area contributed by atoms with Gasteiger partial charge in [-0.05, 0) is 89.2 Å². The molecule has 2 aliphatic heterocycles. The number of hydrogen-bond acceptors (Lipinski definition) is 4. The largest absolute Gasteiger partial charge is 0.508 e. The van der Waals surface area contributed by atoms with Crippen molar-refractivity contribution in [1.82, 2.24) is 9.80 Å². The molecule has 0 spiro atoms. The second-order valence-corrected chi connectivity index (χ2v) is 11.6. The van der Waals surface area contributed by atoms with Gasteiger partial charge in [-0.25, -0.2) is 4.79 Å². The minimum absolute atomic E-state index is 0.201. The molecule has 0 radical (unpaired) electrons. The van der Waals surface area contributed by atoms with E-state index in [0.29, 0.717) is 38.5 Å². The predicted octanol–water partition coefficient (Wildman–Crippen LogP) is 5.81. The maximum Gasteiger partial charge on any atom is 0.314 e. The van der Waals surface area contributed by atoms with E-state index in [-0.39, 0.29) is 17.7 Å². The molecular weight excluding hydrogens is 600 g/mol. The van der Waals surface area contributed by atoms with Crippen molar-refractivity contribution in [2.24, 2.45) is 17.4 Å². The van der Waals surface area contributed by atoms with Gasteiger partial charge < -0.3 is 26.4 Å². The van der Waals surface area contributed by atoms with Gasteiger partial charge in [-0.1, -0.05) is 47.0 Å². The summed E-state index contributed by atoms with van der Waals surface area (Å²) >= 11 is 7.16. The van der Waals surface area contributed by atoms with E-state index in [1.807, 2.05) is 17.0 Å². The Morgan fingerprint density at radius 1 is 1.14 bits per heavy atom. The van der Waals surface area contributed by atoms with Gasteiger partial charge in [0.05, 0.1) is 0 Å². The first-order valence-electron chi connectivity index (χ1n) is 13.0. The van der Waals surface area contributed by atoms with Crippen LogP contribution in [-0.2, 0) is 11.2 Å². The smallest absolute Gasteiger partial charge is 0.314 e. The van der Waals surface area contributed by atoms with Crippen molar-refractivity contribution in [3.8, 4) is 5.75 Å². The first kappa shape index (κ1) is 29.3. The van der Waals surface area contributed by atoms with Crippen LogP contribution in [0.1, 0.15) is 63.0 Å².